The number of hydrogen-bond donors (Lipinski definition) is 1. The summed E-state index contributed by atoms with van der Waals surface area (Å²) in [6.07, 6.45) is 2.58. The number of benzene rings is 2. The Hall–Kier alpha value is -2.60. The van der Waals surface area contributed by atoms with Gasteiger partial charge in [0, 0.05) is 31.0 Å². The molecule has 0 atom stereocenters. The quantitative estimate of drug-likeness (QED) is 0.578. The monoisotopic (exact) mass is 381 g/mol. The number of rotatable bonds is 9. The van der Waals surface area contributed by atoms with Crippen LogP contribution in [-0.4, -0.2) is 27.8 Å². The van der Waals surface area contributed by atoms with E-state index in [9.17, 15) is 9.59 Å². The van der Waals surface area contributed by atoms with Crippen LogP contribution in [0.25, 0.3) is 10.9 Å². The van der Waals surface area contributed by atoms with Crippen LogP contribution in [0.4, 0.5) is 0 Å². The van der Waals surface area contributed by atoms with E-state index in [1.165, 1.54) is 5.56 Å². The van der Waals surface area contributed by atoms with E-state index in [2.05, 4.69) is 22.4 Å². The summed E-state index contributed by atoms with van der Waals surface area (Å²) in [4.78, 5) is 28.6. The average Bonchev–Trinajstić information content (AvgIpc) is 2.70. The van der Waals surface area contributed by atoms with Crippen LogP contribution >= 0.6 is 11.8 Å². The summed E-state index contributed by atoms with van der Waals surface area (Å²) in [6, 6.07) is 17.6. The maximum atomic E-state index is 12.4. The van der Waals surface area contributed by atoms with Gasteiger partial charge in [0.1, 0.15) is 0 Å². The van der Waals surface area contributed by atoms with Gasteiger partial charge >= 0.3 is 0 Å². The van der Waals surface area contributed by atoms with Crippen molar-refractivity contribution >= 4 is 28.6 Å². The van der Waals surface area contributed by atoms with Crippen LogP contribution in [0.15, 0.2) is 65.7 Å². The van der Waals surface area contributed by atoms with Crippen molar-refractivity contribution in [2.24, 2.45) is 0 Å². The number of nitrogens with zero attached hydrogens (tertiary/aromatic N) is 2. The van der Waals surface area contributed by atoms with E-state index in [4.69, 9.17) is 0 Å². The second-order valence-corrected chi connectivity index (χ2v) is 7.36. The molecule has 2 aromatic carbocycles. The molecule has 3 rings (SSSR count). The van der Waals surface area contributed by atoms with Crippen LogP contribution in [0.5, 0.6) is 0 Å². The third-order valence-corrected chi connectivity index (χ3v) is 5.24. The number of fused-ring (bicyclic) bond motifs is 1. The third kappa shape index (κ3) is 5.69. The van der Waals surface area contributed by atoms with Crippen LogP contribution in [0, 0.1) is 0 Å². The molecular weight excluding hydrogens is 358 g/mol. The zero-order valence-corrected chi connectivity index (χ0v) is 16.0. The van der Waals surface area contributed by atoms with E-state index in [1.54, 1.807) is 28.7 Å². The van der Waals surface area contributed by atoms with Gasteiger partial charge in [0.05, 0.1) is 17.2 Å². The lowest BCUT2D eigenvalue weighted by Crippen LogP contribution is -2.26. The highest BCUT2D eigenvalue weighted by molar-refractivity contribution is 7.98. The molecule has 1 amide bonds. The fourth-order valence-corrected chi connectivity index (χ4v) is 3.61. The van der Waals surface area contributed by atoms with Gasteiger partial charge in [-0.3, -0.25) is 14.2 Å². The van der Waals surface area contributed by atoms with Crippen LogP contribution in [0.3, 0.4) is 0 Å². The van der Waals surface area contributed by atoms with Crippen LogP contribution < -0.4 is 10.9 Å². The van der Waals surface area contributed by atoms with Gasteiger partial charge in [0.25, 0.3) is 5.56 Å². The number of carbonyl (C=O) groups excluding carboxylic acids is 1. The highest BCUT2D eigenvalue weighted by Crippen LogP contribution is 2.10. The van der Waals surface area contributed by atoms with Gasteiger partial charge in [-0.15, -0.1) is 0 Å². The van der Waals surface area contributed by atoms with Gasteiger partial charge in [0.15, 0.2) is 0 Å². The van der Waals surface area contributed by atoms with Crippen molar-refractivity contribution in [2.75, 3.05) is 12.3 Å². The summed E-state index contributed by atoms with van der Waals surface area (Å²) in [5.41, 5.74) is 1.94. The molecule has 6 heteroatoms. The number of para-hydroxylation sites is 1. The lowest BCUT2D eigenvalue weighted by atomic mass is 10.2. The fraction of sp³-hybridized carbons (Fsp3) is 0.286. The summed E-state index contributed by atoms with van der Waals surface area (Å²) in [5, 5.41) is 3.55. The molecular formula is C21H23N3O2S. The van der Waals surface area contributed by atoms with Gasteiger partial charge in [-0.1, -0.05) is 42.5 Å². The number of nitrogens with one attached hydrogen (secondary N) is 1. The molecule has 1 heterocycles. The normalized spacial score (nSPS) is 10.8. The molecule has 140 valence electrons. The van der Waals surface area contributed by atoms with Crippen molar-refractivity contribution in [1.29, 1.82) is 0 Å². The molecule has 0 aliphatic heterocycles. The molecule has 0 spiro atoms. The molecule has 3 aromatic rings. The second-order valence-electron chi connectivity index (χ2n) is 6.25. The molecule has 1 aromatic heterocycles. The summed E-state index contributed by atoms with van der Waals surface area (Å²) in [5.74, 6) is 1.86. The maximum absolute atomic E-state index is 12.4. The highest BCUT2D eigenvalue weighted by atomic mass is 32.2. The first-order valence-corrected chi connectivity index (χ1v) is 10.2. The van der Waals surface area contributed by atoms with Crippen molar-refractivity contribution in [1.82, 2.24) is 14.9 Å². The van der Waals surface area contributed by atoms with Crippen LogP contribution in [-0.2, 0) is 17.1 Å². The summed E-state index contributed by atoms with van der Waals surface area (Å²) >= 11 is 1.80. The molecule has 0 aliphatic carbocycles. The van der Waals surface area contributed by atoms with Crippen molar-refractivity contribution in [2.45, 2.75) is 25.1 Å². The van der Waals surface area contributed by atoms with Gasteiger partial charge in [-0.2, -0.15) is 11.8 Å². The number of aromatic nitrogens is 2. The van der Waals surface area contributed by atoms with Crippen LogP contribution in [0.2, 0.25) is 0 Å². The van der Waals surface area contributed by atoms with Gasteiger partial charge in [-0.25, -0.2) is 4.98 Å². The predicted octanol–water partition coefficient (Wildman–Crippen LogP) is 3.23. The molecule has 27 heavy (non-hydrogen) atoms. The molecule has 1 N–H and O–H groups in total. The molecule has 0 bridgehead atoms. The number of amides is 1. The first kappa shape index (κ1) is 19.2. The maximum Gasteiger partial charge on any atom is 0.261 e. The number of thioether (sulfide) groups is 1. The van der Waals surface area contributed by atoms with Gasteiger partial charge < -0.3 is 5.32 Å². The summed E-state index contributed by atoms with van der Waals surface area (Å²) in [7, 11) is 0. The van der Waals surface area contributed by atoms with E-state index in [1.807, 2.05) is 36.4 Å². The van der Waals surface area contributed by atoms with Crippen molar-refractivity contribution in [3.8, 4) is 0 Å². The second kappa shape index (κ2) is 9.92. The zero-order chi connectivity index (χ0) is 18.9. The third-order valence-electron chi connectivity index (χ3n) is 4.21. The summed E-state index contributed by atoms with van der Waals surface area (Å²) < 4.78 is 1.57. The average molecular weight is 382 g/mol. The Morgan fingerprint density at radius 3 is 2.70 bits per heavy atom. The topological polar surface area (TPSA) is 64.0 Å². The van der Waals surface area contributed by atoms with E-state index < -0.39 is 0 Å². The molecule has 0 saturated carbocycles. The Balaban J connectivity index is 1.35. The first-order chi connectivity index (χ1) is 13.2. The minimum absolute atomic E-state index is 0.0251. The SMILES string of the molecule is O=C(CCCn1cnc2ccccc2c1=O)NCCSCc1ccccc1. The lowest BCUT2D eigenvalue weighted by Gasteiger charge is -2.07. The van der Waals surface area contributed by atoms with Crippen molar-refractivity contribution in [3.05, 3.63) is 76.8 Å². The zero-order valence-electron chi connectivity index (χ0n) is 15.1. The molecule has 0 aliphatic rings. The Labute approximate surface area is 162 Å². The Morgan fingerprint density at radius 2 is 1.85 bits per heavy atom. The van der Waals surface area contributed by atoms with E-state index in [0.717, 1.165) is 11.5 Å². The van der Waals surface area contributed by atoms with E-state index in [-0.39, 0.29) is 11.5 Å². The molecule has 0 fully saturated rings. The van der Waals surface area contributed by atoms with Crippen LogP contribution in [0.1, 0.15) is 18.4 Å². The largest absolute Gasteiger partial charge is 0.355 e. The highest BCUT2D eigenvalue weighted by Gasteiger charge is 2.05. The van der Waals surface area contributed by atoms with E-state index in [0.29, 0.717) is 36.8 Å². The minimum atomic E-state index is -0.0571. The summed E-state index contributed by atoms with van der Waals surface area (Å²) in [6.45, 7) is 1.15. The van der Waals surface area contributed by atoms with Gasteiger partial charge in [-0.05, 0) is 24.1 Å². The van der Waals surface area contributed by atoms with E-state index >= 15 is 0 Å². The number of aryl methyl sites for hydroxylation is 1. The fourth-order valence-electron chi connectivity index (χ4n) is 2.79. The predicted molar refractivity (Wildman–Crippen MR) is 111 cm³/mol. The molecule has 0 saturated heterocycles. The number of carbonyl (C=O) groups is 1. The standard InChI is InChI=1S/C21H23N3O2S/c25-20(22-12-14-27-15-17-7-2-1-3-8-17)11-6-13-24-16-23-19-10-5-4-9-18(19)21(24)26/h1-5,7-10,16H,6,11-15H2,(H,22,25). The van der Waals surface area contributed by atoms with Gasteiger partial charge in [0.2, 0.25) is 5.91 Å². The Kier molecular flexibility index (Phi) is 7.04. The first-order valence-electron chi connectivity index (χ1n) is 9.06. The van der Waals surface area contributed by atoms with Crippen molar-refractivity contribution in [3.63, 3.8) is 0 Å². The molecule has 0 radical (unpaired) electrons. The Bertz CT molecular complexity index is 941. The van der Waals surface area contributed by atoms with Crippen molar-refractivity contribution < 1.29 is 4.79 Å². The smallest absolute Gasteiger partial charge is 0.261 e. The number of hydrogen-bond acceptors (Lipinski definition) is 4. The molecule has 5 nitrogen and oxygen atoms in total. The Morgan fingerprint density at radius 1 is 1.07 bits per heavy atom. The minimum Gasteiger partial charge on any atom is -0.355 e. The molecule has 0 unspecified atom stereocenters. The lowest BCUT2D eigenvalue weighted by molar-refractivity contribution is -0.121.